The summed E-state index contributed by atoms with van der Waals surface area (Å²) in [4.78, 5) is 0. The third-order valence-electron chi connectivity index (χ3n) is 1.25. The Kier molecular flexibility index (Phi) is 0.374. The van der Waals surface area contributed by atoms with Gasteiger partial charge in [-0.3, -0.25) is 0 Å². The van der Waals surface area contributed by atoms with Crippen molar-refractivity contribution >= 4 is 0 Å². The second-order valence-corrected chi connectivity index (χ2v) is 1.89. The third kappa shape index (κ3) is 0.942. The zero-order valence-electron chi connectivity index (χ0n) is 15.2. The van der Waals surface area contributed by atoms with E-state index in [1.54, 1.807) is 0 Å². The largest absolute Gasteiger partial charge is 0.0626 e. The summed E-state index contributed by atoms with van der Waals surface area (Å²) in [5.41, 5.74) is -1.00. The number of hydrogen-bond donors (Lipinski definition) is 0. The van der Waals surface area contributed by atoms with Crippen LogP contribution in [-0.2, 0) is 12.7 Å². The van der Waals surface area contributed by atoms with Crippen LogP contribution in [0.3, 0.4) is 0 Å². The monoisotopic (exact) mass is 142 g/mol. The van der Waals surface area contributed by atoms with Crippen LogP contribution < -0.4 is 0 Å². The van der Waals surface area contributed by atoms with Crippen LogP contribution in [-0.4, -0.2) is 0 Å². The van der Waals surface area contributed by atoms with Gasteiger partial charge in [-0.2, -0.15) is 0 Å². The topological polar surface area (TPSA) is 0 Å². The molecule has 0 amide bonds. The van der Waals surface area contributed by atoms with Crippen LogP contribution in [0.5, 0.6) is 0 Å². The number of fused-ring (bicyclic) bond motifs is 1. The molecule has 0 saturated heterocycles. The second-order valence-electron chi connectivity index (χ2n) is 1.89. The molecule has 10 heavy (non-hydrogen) atoms. The molecular weight excluding hydrogens is 120 g/mol. The molecule has 0 radical (unpaired) electrons. The molecule has 0 heteroatoms. The Morgan fingerprint density at radius 2 is 2.10 bits per heavy atom. The van der Waals surface area contributed by atoms with Crippen LogP contribution in [0.25, 0.3) is 0 Å². The molecule has 0 saturated carbocycles. The van der Waals surface area contributed by atoms with Crippen molar-refractivity contribution in [1.29, 1.82) is 0 Å². The first-order chi connectivity index (χ1) is 8.80. The molecule has 0 spiro atoms. The molecule has 0 aromatic heterocycles. The lowest BCUT2D eigenvalue weighted by atomic mass is 9.92. The predicted octanol–water partition coefficient (Wildman–Crippen LogP) is 2.57. The predicted molar refractivity (Wildman–Crippen MR) is 43.1 cm³/mol. The quantitative estimate of drug-likeness (QED) is 0.522. The fourth-order valence-corrected chi connectivity index (χ4v) is 0.785. The molecule has 0 aliphatic heterocycles. The minimum Gasteiger partial charge on any atom is -0.0620 e. The van der Waals surface area contributed by atoms with Gasteiger partial charge in [0.1, 0.15) is 0 Å². The van der Waals surface area contributed by atoms with Gasteiger partial charge < -0.3 is 0 Å². The van der Waals surface area contributed by atoms with Gasteiger partial charge in [-0.15, -0.1) is 0 Å². The molecule has 0 atom stereocenters. The Bertz CT molecular complexity index is 574. The summed E-state index contributed by atoms with van der Waals surface area (Å²) in [6.45, 7) is 0. The molecular formula is C10H12. The maximum absolute atomic E-state index is 7.86. The van der Waals surface area contributed by atoms with E-state index in [4.69, 9.17) is 13.7 Å². The Hall–Kier alpha value is -0.780. The maximum Gasteiger partial charge on any atom is 0.0626 e. The van der Waals surface area contributed by atoms with Gasteiger partial charge in [-0.05, 0) is 36.6 Å². The van der Waals surface area contributed by atoms with Gasteiger partial charge in [0.15, 0.2) is 0 Å². The second kappa shape index (κ2) is 2.45. The average Bonchev–Trinajstić information content (AvgIpc) is 2.29. The fourth-order valence-electron chi connectivity index (χ4n) is 0.785. The van der Waals surface area contributed by atoms with E-state index in [-0.39, 0.29) is 6.04 Å². The van der Waals surface area contributed by atoms with Crippen molar-refractivity contribution in [2.24, 2.45) is 0 Å². The summed E-state index contributed by atoms with van der Waals surface area (Å²) < 4.78 is 77.5. The highest BCUT2D eigenvalue weighted by molar-refractivity contribution is 5.28. The first-order valence-corrected chi connectivity index (χ1v) is 2.91. The Balaban J connectivity index is 2.97. The summed E-state index contributed by atoms with van der Waals surface area (Å²) >= 11 is 0. The van der Waals surface area contributed by atoms with Crippen LogP contribution in [0.15, 0.2) is 24.2 Å². The molecule has 0 unspecified atom stereocenters. The first kappa shape index (κ1) is 1.52. The molecule has 0 nitrogen and oxygen atoms in total. The first-order valence-electron chi connectivity index (χ1n) is 7.91. The van der Waals surface area contributed by atoms with Crippen molar-refractivity contribution in [3.8, 4) is 0 Å². The van der Waals surface area contributed by atoms with Crippen molar-refractivity contribution in [1.82, 2.24) is 0 Å². The SMILES string of the molecule is [2H]c1ccc2c(c1[2H])C([2H])([2H])C([2H])([2H])C([2H])([2H])C2([2H])[2H]. The lowest BCUT2D eigenvalue weighted by molar-refractivity contribution is 0.685. The van der Waals surface area contributed by atoms with Crippen molar-refractivity contribution in [2.45, 2.75) is 25.5 Å². The van der Waals surface area contributed by atoms with E-state index in [1.165, 1.54) is 0 Å². The summed E-state index contributed by atoms with van der Waals surface area (Å²) in [6, 6.07) is 1.17. The molecule has 0 heterocycles. The summed E-state index contributed by atoms with van der Waals surface area (Å²) in [5, 5.41) is 0. The Morgan fingerprint density at radius 1 is 1.30 bits per heavy atom. The van der Waals surface area contributed by atoms with Crippen LogP contribution >= 0.6 is 0 Å². The Labute approximate surface area is 75.9 Å². The summed E-state index contributed by atoms with van der Waals surface area (Å²) in [5.74, 6) is 0. The van der Waals surface area contributed by atoms with Crippen LogP contribution in [0.2, 0.25) is 0 Å². The molecule has 1 aromatic carbocycles. The number of aryl methyl sites for hydroxylation is 1. The zero-order chi connectivity index (χ0) is 15.7. The highest BCUT2D eigenvalue weighted by Gasteiger charge is 2.05. The lowest BCUT2D eigenvalue weighted by Gasteiger charge is -2.13. The van der Waals surface area contributed by atoms with E-state index in [2.05, 4.69) is 0 Å². The summed E-state index contributed by atoms with van der Waals surface area (Å²) in [6.07, 6.45) is -12.0. The molecule has 1 aromatic rings. The molecule has 52 valence electrons. The van der Waals surface area contributed by atoms with Crippen LogP contribution in [0.4, 0.5) is 0 Å². The average molecular weight is 142 g/mol. The van der Waals surface area contributed by atoms with Crippen molar-refractivity contribution in [2.75, 3.05) is 0 Å². The van der Waals surface area contributed by atoms with E-state index in [9.17, 15) is 0 Å². The maximum atomic E-state index is 7.86. The Morgan fingerprint density at radius 3 is 3.00 bits per heavy atom. The smallest absolute Gasteiger partial charge is 0.0620 e. The standard InChI is InChI=1S/C10H12/c1-2-6-10-8-4-3-7-9(10)5-1/h1-2,5-6H,3-4,7-8H2/i1D,3D2,4D2,5D,7D2,8D2. The van der Waals surface area contributed by atoms with Crippen molar-refractivity contribution < 1.29 is 13.7 Å². The molecule has 1 aliphatic rings. The minimum absolute atomic E-state index is 0.360. The molecule has 0 bridgehead atoms. The van der Waals surface area contributed by atoms with Gasteiger partial charge in [-0.1, -0.05) is 24.2 Å². The van der Waals surface area contributed by atoms with Crippen LogP contribution in [0, 0.1) is 0 Å². The third-order valence-corrected chi connectivity index (χ3v) is 1.25. The van der Waals surface area contributed by atoms with Gasteiger partial charge in [-0.25, -0.2) is 0 Å². The van der Waals surface area contributed by atoms with E-state index >= 15 is 0 Å². The number of rotatable bonds is 0. The van der Waals surface area contributed by atoms with Gasteiger partial charge >= 0.3 is 0 Å². The number of benzene rings is 1. The highest BCUT2D eigenvalue weighted by Crippen LogP contribution is 2.19. The van der Waals surface area contributed by atoms with Gasteiger partial charge in [0.25, 0.3) is 0 Å². The fraction of sp³-hybridized carbons (Fsp3) is 0.400. The summed E-state index contributed by atoms with van der Waals surface area (Å²) in [7, 11) is 0. The van der Waals surface area contributed by atoms with Crippen molar-refractivity contribution in [3.63, 3.8) is 0 Å². The molecule has 2 rings (SSSR count). The van der Waals surface area contributed by atoms with E-state index < -0.39 is 42.7 Å². The lowest BCUT2D eigenvalue weighted by Crippen LogP contribution is -2.00. The number of hydrogen-bond acceptors (Lipinski definition) is 0. The van der Waals surface area contributed by atoms with E-state index in [0.717, 1.165) is 12.1 Å². The van der Waals surface area contributed by atoms with Gasteiger partial charge in [0.05, 0.1) is 2.74 Å². The molecule has 0 fully saturated rings. The molecule has 0 N–H and O–H groups in total. The zero-order valence-corrected chi connectivity index (χ0v) is 5.15. The van der Waals surface area contributed by atoms with Crippen LogP contribution in [0.1, 0.15) is 37.6 Å². The van der Waals surface area contributed by atoms with E-state index in [1.807, 2.05) is 0 Å². The van der Waals surface area contributed by atoms with E-state index in [0.29, 0.717) is 0 Å². The van der Waals surface area contributed by atoms with Crippen molar-refractivity contribution in [3.05, 3.63) is 35.3 Å². The highest BCUT2D eigenvalue weighted by atomic mass is 14.1. The van der Waals surface area contributed by atoms with Gasteiger partial charge in [0.2, 0.25) is 0 Å². The van der Waals surface area contributed by atoms with Gasteiger partial charge in [0, 0.05) is 11.0 Å². The molecule has 1 aliphatic carbocycles. The minimum atomic E-state index is -3.18. The normalized spacial score (nSPS) is 51.2.